The van der Waals surface area contributed by atoms with Crippen LogP contribution in [0.1, 0.15) is 27.4 Å². The second kappa shape index (κ2) is 5.77. The molecule has 0 spiro atoms. The van der Waals surface area contributed by atoms with Gasteiger partial charge in [0, 0.05) is 13.6 Å². The van der Waals surface area contributed by atoms with Gasteiger partial charge in [0.1, 0.15) is 11.4 Å². The number of hydrogen-bond donors (Lipinski definition) is 0. The highest BCUT2D eigenvalue weighted by atomic mass is 16.5. The van der Waals surface area contributed by atoms with Gasteiger partial charge in [0.2, 0.25) is 0 Å². The monoisotopic (exact) mass is 274 g/mol. The number of ether oxygens (including phenoxy) is 1. The Morgan fingerprint density at radius 3 is 2.45 bits per heavy atom. The van der Waals surface area contributed by atoms with Crippen LogP contribution in [0, 0.1) is 13.8 Å². The molecule has 0 amide bonds. The van der Waals surface area contributed by atoms with Crippen LogP contribution in [0.2, 0.25) is 0 Å². The predicted molar refractivity (Wildman–Crippen MR) is 75.9 cm³/mol. The molecule has 1 heterocycles. The number of benzene rings is 1. The highest BCUT2D eigenvalue weighted by Crippen LogP contribution is 2.24. The number of aryl methyl sites for hydroxylation is 2. The van der Waals surface area contributed by atoms with E-state index in [2.05, 4.69) is 14.8 Å². The maximum atomic E-state index is 11.4. The van der Waals surface area contributed by atoms with Gasteiger partial charge in [-0.2, -0.15) is 0 Å². The summed E-state index contributed by atoms with van der Waals surface area (Å²) in [5.41, 5.74) is 3.52. The van der Waals surface area contributed by atoms with E-state index in [0.29, 0.717) is 12.1 Å². The molecule has 0 saturated heterocycles. The summed E-state index contributed by atoms with van der Waals surface area (Å²) in [6, 6.07) is 7.37. The largest absolute Gasteiger partial charge is 0.465 e. The first kappa shape index (κ1) is 14.1. The van der Waals surface area contributed by atoms with Crippen molar-refractivity contribution in [1.29, 1.82) is 0 Å². The summed E-state index contributed by atoms with van der Waals surface area (Å²) in [7, 11) is 3.36. The molecule has 2 aromatic rings. The van der Waals surface area contributed by atoms with Gasteiger partial charge in [-0.05, 0) is 31.5 Å². The Morgan fingerprint density at radius 2 is 1.95 bits per heavy atom. The Hall–Kier alpha value is -2.30. The van der Waals surface area contributed by atoms with E-state index >= 15 is 0 Å². The summed E-state index contributed by atoms with van der Waals surface area (Å²) in [5.74, 6) is 0.479. The van der Waals surface area contributed by atoms with Crippen molar-refractivity contribution in [3.63, 3.8) is 0 Å². The molecule has 0 radical (unpaired) electrons. The van der Waals surface area contributed by atoms with E-state index in [0.717, 1.165) is 22.7 Å². The van der Waals surface area contributed by atoms with Crippen LogP contribution >= 0.6 is 0 Å². The highest BCUT2D eigenvalue weighted by Gasteiger charge is 2.14. The van der Waals surface area contributed by atoms with E-state index < -0.39 is 0 Å². The minimum Gasteiger partial charge on any atom is -0.465 e. The molecule has 0 unspecified atom stereocenters. The van der Waals surface area contributed by atoms with E-state index in [-0.39, 0.29) is 5.97 Å². The lowest BCUT2D eigenvalue weighted by molar-refractivity contribution is 0.0600. The minimum absolute atomic E-state index is 0.323. The number of anilines is 1. The van der Waals surface area contributed by atoms with Gasteiger partial charge in [0.05, 0.1) is 12.7 Å². The number of methoxy groups -OCH3 is 1. The first-order valence-electron chi connectivity index (χ1n) is 6.34. The summed E-state index contributed by atoms with van der Waals surface area (Å²) < 4.78 is 9.84. The van der Waals surface area contributed by atoms with E-state index in [1.54, 1.807) is 12.1 Å². The Morgan fingerprint density at radius 1 is 1.30 bits per heavy atom. The van der Waals surface area contributed by atoms with E-state index in [4.69, 9.17) is 4.52 Å². The normalized spacial score (nSPS) is 10.4. The van der Waals surface area contributed by atoms with Gasteiger partial charge in [-0.15, -0.1) is 0 Å². The van der Waals surface area contributed by atoms with Crippen LogP contribution in [0.15, 0.2) is 28.8 Å². The van der Waals surface area contributed by atoms with Crippen molar-refractivity contribution in [2.24, 2.45) is 0 Å². The van der Waals surface area contributed by atoms with Gasteiger partial charge in [0.15, 0.2) is 5.76 Å². The summed E-state index contributed by atoms with van der Waals surface area (Å²) >= 11 is 0. The lowest BCUT2D eigenvalue weighted by atomic mass is 10.1. The highest BCUT2D eigenvalue weighted by molar-refractivity contribution is 5.89. The Balaban J connectivity index is 2.12. The molecular weight excluding hydrogens is 256 g/mol. The molecule has 0 fully saturated rings. The molecule has 0 N–H and O–H groups in total. The maximum absolute atomic E-state index is 11.4. The molecule has 0 aliphatic heterocycles. The molecule has 0 atom stereocenters. The number of hydrogen-bond acceptors (Lipinski definition) is 5. The molecule has 1 aromatic heterocycles. The van der Waals surface area contributed by atoms with Gasteiger partial charge in [-0.25, -0.2) is 4.79 Å². The van der Waals surface area contributed by atoms with Crippen molar-refractivity contribution in [2.75, 3.05) is 19.1 Å². The van der Waals surface area contributed by atoms with Crippen molar-refractivity contribution in [3.05, 3.63) is 46.8 Å². The molecule has 106 valence electrons. The SMILES string of the molecule is COC(=O)c1ccc(CN(C)c2c(C)noc2C)cc1. The summed E-state index contributed by atoms with van der Waals surface area (Å²) in [5, 5.41) is 3.95. The van der Waals surface area contributed by atoms with Crippen molar-refractivity contribution >= 4 is 11.7 Å². The molecule has 20 heavy (non-hydrogen) atoms. The molecule has 0 aliphatic rings. The summed E-state index contributed by atoms with van der Waals surface area (Å²) in [6.07, 6.45) is 0. The van der Waals surface area contributed by atoms with Crippen LogP contribution in [0.4, 0.5) is 5.69 Å². The zero-order valence-electron chi connectivity index (χ0n) is 12.1. The lowest BCUT2D eigenvalue weighted by Crippen LogP contribution is -2.17. The first-order valence-corrected chi connectivity index (χ1v) is 6.34. The molecule has 0 aliphatic carbocycles. The third kappa shape index (κ3) is 2.82. The van der Waals surface area contributed by atoms with E-state index in [1.807, 2.05) is 33.0 Å². The van der Waals surface area contributed by atoms with Gasteiger partial charge in [-0.3, -0.25) is 0 Å². The molecule has 5 heteroatoms. The van der Waals surface area contributed by atoms with Gasteiger partial charge in [-0.1, -0.05) is 17.3 Å². The summed E-state index contributed by atoms with van der Waals surface area (Å²) in [6.45, 7) is 4.53. The van der Waals surface area contributed by atoms with Crippen molar-refractivity contribution in [2.45, 2.75) is 20.4 Å². The smallest absolute Gasteiger partial charge is 0.337 e. The van der Waals surface area contributed by atoms with Crippen LogP contribution in [0.5, 0.6) is 0 Å². The quantitative estimate of drug-likeness (QED) is 0.802. The number of carbonyl (C=O) groups is 1. The molecular formula is C15H18N2O3. The second-order valence-corrected chi connectivity index (χ2v) is 4.72. The standard InChI is InChI=1S/C15H18N2O3/c1-10-14(11(2)20-16-10)17(3)9-12-5-7-13(8-6-12)15(18)19-4/h5-8H,9H2,1-4H3. The minimum atomic E-state index is -0.323. The third-order valence-corrected chi connectivity index (χ3v) is 3.17. The number of carbonyl (C=O) groups excluding carboxylic acids is 1. The fraction of sp³-hybridized carbons (Fsp3) is 0.333. The topological polar surface area (TPSA) is 55.6 Å². The average molecular weight is 274 g/mol. The fourth-order valence-corrected chi connectivity index (χ4v) is 2.24. The van der Waals surface area contributed by atoms with Crippen molar-refractivity contribution in [3.8, 4) is 0 Å². The van der Waals surface area contributed by atoms with Crippen LogP contribution in [-0.2, 0) is 11.3 Å². The number of aromatic nitrogens is 1. The van der Waals surface area contributed by atoms with Crippen LogP contribution in [0.25, 0.3) is 0 Å². The third-order valence-electron chi connectivity index (χ3n) is 3.17. The van der Waals surface area contributed by atoms with Crippen LogP contribution in [0.3, 0.4) is 0 Å². The molecule has 1 aromatic carbocycles. The number of nitrogens with zero attached hydrogens (tertiary/aromatic N) is 2. The maximum Gasteiger partial charge on any atom is 0.337 e. The zero-order chi connectivity index (χ0) is 14.7. The van der Waals surface area contributed by atoms with Crippen molar-refractivity contribution < 1.29 is 14.1 Å². The number of rotatable bonds is 4. The summed E-state index contributed by atoms with van der Waals surface area (Å²) in [4.78, 5) is 13.4. The predicted octanol–water partition coefficient (Wildman–Crippen LogP) is 2.71. The Labute approximate surface area is 118 Å². The zero-order valence-corrected chi connectivity index (χ0v) is 12.1. The Kier molecular flexibility index (Phi) is 4.08. The Bertz CT molecular complexity index is 583. The number of esters is 1. The van der Waals surface area contributed by atoms with Gasteiger partial charge < -0.3 is 14.2 Å². The molecule has 2 rings (SSSR count). The second-order valence-electron chi connectivity index (χ2n) is 4.72. The molecule has 0 saturated carbocycles. The van der Waals surface area contributed by atoms with Gasteiger partial charge in [0.25, 0.3) is 0 Å². The van der Waals surface area contributed by atoms with Crippen LogP contribution < -0.4 is 4.90 Å². The fourth-order valence-electron chi connectivity index (χ4n) is 2.24. The van der Waals surface area contributed by atoms with E-state index in [1.165, 1.54) is 7.11 Å². The molecule has 5 nitrogen and oxygen atoms in total. The van der Waals surface area contributed by atoms with Crippen LogP contribution in [-0.4, -0.2) is 25.3 Å². The van der Waals surface area contributed by atoms with E-state index in [9.17, 15) is 4.79 Å². The van der Waals surface area contributed by atoms with Gasteiger partial charge >= 0.3 is 5.97 Å². The average Bonchev–Trinajstić information content (AvgIpc) is 2.78. The lowest BCUT2D eigenvalue weighted by Gasteiger charge is -2.18. The van der Waals surface area contributed by atoms with Crippen molar-refractivity contribution in [1.82, 2.24) is 5.16 Å². The molecule has 0 bridgehead atoms. The first-order chi connectivity index (χ1) is 9.52.